The molecule has 26 heavy (non-hydrogen) atoms. The lowest BCUT2D eigenvalue weighted by molar-refractivity contribution is 0.173. The third-order valence-electron chi connectivity index (χ3n) is 5.32. The van der Waals surface area contributed by atoms with Crippen LogP contribution >= 0.6 is 0 Å². The third-order valence-corrected chi connectivity index (χ3v) is 5.32. The predicted molar refractivity (Wildman–Crippen MR) is 97.1 cm³/mol. The number of nitrogens with one attached hydrogen (secondary N) is 1. The Morgan fingerprint density at radius 1 is 1.12 bits per heavy atom. The van der Waals surface area contributed by atoms with Crippen molar-refractivity contribution < 1.29 is 18.6 Å². The summed E-state index contributed by atoms with van der Waals surface area (Å²) in [4.78, 5) is 0. The predicted octanol–water partition coefficient (Wildman–Crippen LogP) is 4.51. The second-order valence-electron chi connectivity index (χ2n) is 6.87. The molecule has 2 aromatic rings. The minimum absolute atomic E-state index is 0.141. The lowest BCUT2D eigenvalue weighted by Gasteiger charge is -2.32. The van der Waals surface area contributed by atoms with Gasteiger partial charge >= 0.3 is 0 Å². The maximum Gasteiger partial charge on any atom is 0.231 e. The fourth-order valence-corrected chi connectivity index (χ4v) is 4.03. The lowest BCUT2D eigenvalue weighted by Crippen LogP contribution is -2.40. The van der Waals surface area contributed by atoms with Gasteiger partial charge < -0.3 is 19.5 Å². The number of halogens is 1. The number of rotatable bonds is 6. The molecule has 1 heterocycles. The largest absolute Gasteiger partial charge is 0.493 e. The summed E-state index contributed by atoms with van der Waals surface area (Å²) in [6.07, 6.45) is 4.06. The van der Waals surface area contributed by atoms with Crippen molar-refractivity contribution >= 4 is 0 Å². The third kappa shape index (κ3) is 3.12. The van der Waals surface area contributed by atoms with Crippen molar-refractivity contribution in [2.24, 2.45) is 0 Å². The molecule has 0 unspecified atom stereocenters. The molecule has 0 atom stereocenters. The van der Waals surface area contributed by atoms with E-state index in [1.54, 1.807) is 12.1 Å². The van der Waals surface area contributed by atoms with Gasteiger partial charge in [0.2, 0.25) is 6.79 Å². The van der Waals surface area contributed by atoms with Gasteiger partial charge in [0.15, 0.2) is 11.5 Å². The Hall–Kier alpha value is -2.27. The van der Waals surface area contributed by atoms with Crippen LogP contribution in [0.25, 0.3) is 0 Å². The van der Waals surface area contributed by atoms with E-state index in [2.05, 4.69) is 5.32 Å². The molecule has 1 N–H and O–H groups in total. The standard InChI is InChI=1S/C21H24FNO3/c1-2-24-18-12-20-19(25-14-26-20)11-15(18)13-23-21(9-5-6-10-21)16-7-3-4-8-17(16)22/h3-4,7-8,11-12,23H,2,5-6,9-10,13-14H2,1H3. The SMILES string of the molecule is CCOc1cc2c(cc1CNC1(c3ccccc3F)CCCC1)OCO2. The maximum atomic E-state index is 14.5. The first kappa shape index (κ1) is 17.2. The summed E-state index contributed by atoms with van der Waals surface area (Å²) in [5, 5.41) is 3.64. The molecule has 0 saturated heterocycles. The summed E-state index contributed by atoms with van der Waals surface area (Å²) >= 11 is 0. The summed E-state index contributed by atoms with van der Waals surface area (Å²) < 4.78 is 31.2. The second kappa shape index (κ2) is 7.16. The highest BCUT2D eigenvalue weighted by atomic mass is 19.1. The second-order valence-corrected chi connectivity index (χ2v) is 6.87. The van der Waals surface area contributed by atoms with E-state index in [-0.39, 0.29) is 18.1 Å². The molecule has 1 aliphatic carbocycles. The highest BCUT2D eigenvalue weighted by Crippen LogP contribution is 2.42. The summed E-state index contributed by atoms with van der Waals surface area (Å²) in [5.41, 5.74) is 1.43. The average molecular weight is 357 g/mol. The molecule has 0 spiro atoms. The minimum Gasteiger partial charge on any atom is -0.493 e. The highest BCUT2D eigenvalue weighted by molar-refractivity contribution is 5.52. The van der Waals surface area contributed by atoms with Crippen molar-refractivity contribution in [1.82, 2.24) is 5.32 Å². The van der Waals surface area contributed by atoms with Gasteiger partial charge in [-0.15, -0.1) is 0 Å². The van der Waals surface area contributed by atoms with Crippen LogP contribution in [0.2, 0.25) is 0 Å². The van der Waals surface area contributed by atoms with E-state index < -0.39 is 0 Å². The van der Waals surface area contributed by atoms with E-state index in [1.165, 1.54) is 0 Å². The van der Waals surface area contributed by atoms with E-state index in [4.69, 9.17) is 14.2 Å². The molecule has 2 aromatic carbocycles. The van der Waals surface area contributed by atoms with Crippen LogP contribution in [-0.2, 0) is 12.1 Å². The quantitative estimate of drug-likeness (QED) is 0.826. The van der Waals surface area contributed by atoms with Crippen molar-refractivity contribution in [3.8, 4) is 17.2 Å². The maximum absolute atomic E-state index is 14.5. The van der Waals surface area contributed by atoms with Crippen LogP contribution in [-0.4, -0.2) is 13.4 Å². The Bertz CT molecular complexity index is 787. The number of hydrogen-bond donors (Lipinski definition) is 1. The smallest absolute Gasteiger partial charge is 0.231 e. The van der Waals surface area contributed by atoms with Gasteiger partial charge in [-0.1, -0.05) is 31.0 Å². The molecule has 0 radical (unpaired) electrons. The van der Waals surface area contributed by atoms with E-state index in [9.17, 15) is 4.39 Å². The Morgan fingerprint density at radius 3 is 2.58 bits per heavy atom. The van der Waals surface area contributed by atoms with Crippen molar-refractivity contribution in [3.05, 3.63) is 53.3 Å². The fourth-order valence-electron chi connectivity index (χ4n) is 4.03. The molecule has 1 saturated carbocycles. The van der Waals surface area contributed by atoms with Crippen molar-refractivity contribution in [3.63, 3.8) is 0 Å². The van der Waals surface area contributed by atoms with Crippen LogP contribution in [0.15, 0.2) is 36.4 Å². The summed E-state index contributed by atoms with van der Waals surface area (Å²) in [6.45, 7) is 3.35. The highest BCUT2D eigenvalue weighted by Gasteiger charge is 2.37. The first-order chi connectivity index (χ1) is 12.7. The zero-order valence-electron chi connectivity index (χ0n) is 15.0. The van der Waals surface area contributed by atoms with E-state index in [0.29, 0.717) is 18.9 Å². The Kier molecular flexibility index (Phi) is 4.72. The molecule has 4 nitrogen and oxygen atoms in total. The Labute approximate surface area is 153 Å². The number of hydrogen-bond acceptors (Lipinski definition) is 4. The molecule has 1 aliphatic heterocycles. The number of benzene rings is 2. The van der Waals surface area contributed by atoms with Crippen LogP contribution in [0.1, 0.15) is 43.7 Å². The molecule has 0 amide bonds. The van der Waals surface area contributed by atoms with Crippen molar-refractivity contribution in [2.45, 2.75) is 44.7 Å². The monoisotopic (exact) mass is 357 g/mol. The Balaban J connectivity index is 1.62. The van der Waals surface area contributed by atoms with Crippen molar-refractivity contribution in [2.75, 3.05) is 13.4 Å². The zero-order valence-corrected chi connectivity index (χ0v) is 15.0. The van der Waals surface area contributed by atoms with Gasteiger partial charge in [0.1, 0.15) is 11.6 Å². The average Bonchev–Trinajstić information content (AvgIpc) is 3.30. The number of fused-ring (bicyclic) bond motifs is 1. The van der Waals surface area contributed by atoms with Gasteiger partial charge in [-0.2, -0.15) is 0 Å². The van der Waals surface area contributed by atoms with Gasteiger partial charge in [-0.05, 0) is 31.9 Å². The van der Waals surface area contributed by atoms with Gasteiger partial charge in [-0.25, -0.2) is 4.39 Å². The molecule has 5 heteroatoms. The fraction of sp³-hybridized carbons (Fsp3) is 0.429. The molecule has 0 bridgehead atoms. The minimum atomic E-state index is -0.328. The van der Waals surface area contributed by atoms with E-state index in [0.717, 1.165) is 48.3 Å². The summed E-state index contributed by atoms with van der Waals surface area (Å²) in [6, 6.07) is 10.9. The number of ether oxygens (including phenoxy) is 3. The van der Waals surface area contributed by atoms with Gasteiger partial charge in [0.05, 0.1) is 6.61 Å². The molecule has 0 aromatic heterocycles. The molecule has 2 aliphatic rings. The van der Waals surface area contributed by atoms with Gasteiger partial charge in [0, 0.05) is 29.3 Å². The molecular formula is C21H24FNO3. The van der Waals surface area contributed by atoms with E-state index in [1.807, 2.05) is 31.2 Å². The van der Waals surface area contributed by atoms with Crippen molar-refractivity contribution in [1.29, 1.82) is 0 Å². The van der Waals surface area contributed by atoms with Gasteiger partial charge in [-0.3, -0.25) is 0 Å². The van der Waals surface area contributed by atoms with Crippen LogP contribution < -0.4 is 19.5 Å². The first-order valence-electron chi connectivity index (χ1n) is 9.27. The summed E-state index contributed by atoms with van der Waals surface area (Å²) in [5.74, 6) is 2.09. The van der Waals surface area contributed by atoms with Crippen LogP contribution in [0.3, 0.4) is 0 Å². The summed E-state index contributed by atoms with van der Waals surface area (Å²) in [7, 11) is 0. The van der Waals surface area contributed by atoms with Crippen LogP contribution in [0.5, 0.6) is 17.2 Å². The van der Waals surface area contributed by atoms with Crippen LogP contribution in [0, 0.1) is 5.82 Å². The zero-order chi connectivity index (χ0) is 18.0. The first-order valence-corrected chi connectivity index (χ1v) is 9.27. The topological polar surface area (TPSA) is 39.7 Å². The van der Waals surface area contributed by atoms with Crippen LogP contribution in [0.4, 0.5) is 4.39 Å². The van der Waals surface area contributed by atoms with E-state index >= 15 is 0 Å². The van der Waals surface area contributed by atoms with Gasteiger partial charge in [0.25, 0.3) is 0 Å². The molecule has 138 valence electrons. The molecular weight excluding hydrogens is 333 g/mol. The molecule has 4 rings (SSSR count). The molecule has 1 fully saturated rings. The Morgan fingerprint density at radius 2 is 1.85 bits per heavy atom. The lowest BCUT2D eigenvalue weighted by atomic mass is 9.87. The normalized spacial score (nSPS) is 17.5.